The maximum Gasteiger partial charge on any atom is 0.217 e. The summed E-state index contributed by atoms with van der Waals surface area (Å²) in [6.07, 6.45) is 11.5. The zero-order valence-corrected chi connectivity index (χ0v) is 16.3. The number of rotatable bonds is 11. The first-order valence-corrected chi connectivity index (χ1v) is 9.85. The van der Waals surface area contributed by atoms with Crippen molar-refractivity contribution >= 4 is 16.2 Å². The fourth-order valence-corrected chi connectivity index (χ4v) is 3.03. The molecule has 1 heterocycles. The average Bonchev–Trinajstić information content (AvgIpc) is 2.84. The van der Waals surface area contributed by atoms with Crippen molar-refractivity contribution in [2.75, 3.05) is 26.7 Å². The Balaban J connectivity index is 0.000000823. The minimum absolute atomic E-state index is 0.447. The van der Waals surface area contributed by atoms with Crippen LogP contribution in [0, 0.1) is 0 Å². The van der Waals surface area contributed by atoms with E-state index < -0.39 is 10.4 Å². The lowest BCUT2D eigenvalue weighted by molar-refractivity contribution is -0.838. The molecule has 7 heteroatoms. The van der Waals surface area contributed by atoms with Crippen LogP contribution >= 0.6 is 0 Å². The molecule has 144 valence electrons. The molecule has 0 aromatic heterocycles. The van der Waals surface area contributed by atoms with Gasteiger partial charge in [-0.1, -0.05) is 18.2 Å². The SMILES string of the molecule is C=CCCC[N+]1(CCCC=C)CC(C)N=C1CC=C.COS(=O)(=O)[O-]. The van der Waals surface area contributed by atoms with Crippen LogP contribution < -0.4 is 0 Å². The van der Waals surface area contributed by atoms with Crippen LogP contribution in [0.3, 0.4) is 0 Å². The van der Waals surface area contributed by atoms with Crippen LogP contribution in [-0.4, -0.2) is 56.1 Å². The summed E-state index contributed by atoms with van der Waals surface area (Å²) in [5, 5.41) is 0. The van der Waals surface area contributed by atoms with Crippen molar-refractivity contribution in [1.82, 2.24) is 0 Å². The molecule has 0 radical (unpaired) electrons. The van der Waals surface area contributed by atoms with Gasteiger partial charge in [-0.15, -0.1) is 19.7 Å². The van der Waals surface area contributed by atoms with Crippen LogP contribution in [-0.2, 0) is 14.6 Å². The zero-order valence-electron chi connectivity index (χ0n) is 15.5. The normalized spacial score (nSPS) is 18.7. The first kappa shape index (κ1) is 23.7. The number of hydrogen-bond acceptors (Lipinski definition) is 5. The molecule has 0 fully saturated rings. The first-order chi connectivity index (χ1) is 11.7. The lowest BCUT2D eigenvalue weighted by atomic mass is 10.1. The van der Waals surface area contributed by atoms with Crippen LogP contribution in [0.1, 0.15) is 39.0 Å². The molecule has 1 rings (SSSR count). The zero-order chi connectivity index (χ0) is 19.3. The molecule has 6 nitrogen and oxygen atoms in total. The number of hydrogen-bond donors (Lipinski definition) is 0. The van der Waals surface area contributed by atoms with Crippen LogP contribution in [0.2, 0.25) is 0 Å². The van der Waals surface area contributed by atoms with Crippen LogP contribution in [0.15, 0.2) is 43.0 Å². The summed E-state index contributed by atoms with van der Waals surface area (Å²) < 4.78 is 32.1. The fraction of sp³-hybridized carbons (Fsp3) is 0.611. The highest BCUT2D eigenvalue weighted by Gasteiger charge is 2.39. The van der Waals surface area contributed by atoms with Crippen molar-refractivity contribution < 1.29 is 21.6 Å². The Hall–Kier alpha value is -1.28. The van der Waals surface area contributed by atoms with E-state index >= 15 is 0 Å². The molecule has 0 amide bonds. The third-order valence-corrected chi connectivity index (χ3v) is 4.46. The van der Waals surface area contributed by atoms with Gasteiger partial charge in [-0.05, 0) is 19.8 Å². The van der Waals surface area contributed by atoms with Gasteiger partial charge in [0.15, 0.2) is 0 Å². The molecular formula is C18H32N2O4S. The van der Waals surface area contributed by atoms with Crippen molar-refractivity contribution in [1.29, 1.82) is 0 Å². The number of quaternary nitrogens is 1. The van der Waals surface area contributed by atoms with Gasteiger partial charge in [0.1, 0.15) is 12.6 Å². The molecule has 0 saturated carbocycles. The molecule has 0 N–H and O–H groups in total. The van der Waals surface area contributed by atoms with E-state index in [-0.39, 0.29) is 0 Å². The Kier molecular flexibility index (Phi) is 11.5. The summed E-state index contributed by atoms with van der Waals surface area (Å²) in [6, 6.07) is 0.447. The summed E-state index contributed by atoms with van der Waals surface area (Å²) in [5.41, 5.74) is 0. The Labute approximate surface area is 153 Å². The van der Waals surface area contributed by atoms with Crippen LogP contribution in [0.5, 0.6) is 0 Å². The highest BCUT2D eigenvalue weighted by molar-refractivity contribution is 7.80. The van der Waals surface area contributed by atoms with E-state index in [4.69, 9.17) is 4.99 Å². The second kappa shape index (κ2) is 12.1. The van der Waals surface area contributed by atoms with E-state index in [1.807, 2.05) is 18.2 Å². The molecule has 1 aliphatic rings. The molecule has 0 bridgehead atoms. The minimum Gasteiger partial charge on any atom is -0.726 e. The van der Waals surface area contributed by atoms with E-state index in [1.165, 1.54) is 31.8 Å². The first-order valence-electron chi connectivity index (χ1n) is 8.52. The monoisotopic (exact) mass is 372 g/mol. The number of aliphatic imine (C=N–C) groups is 1. The number of allylic oxidation sites excluding steroid dienone is 2. The second-order valence-corrected chi connectivity index (χ2v) is 7.25. The van der Waals surface area contributed by atoms with E-state index in [0.29, 0.717) is 6.04 Å². The summed E-state index contributed by atoms with van der Waals surface area (Å²) >= 11 is 0. The smallest absolute Gasteiger partial charge is 0.217 e. The van der Waals surface area contributed by atoms with Gasteiger partial charge in [-0.2, -0.15) is 0 Å². The van der Waals surface area contributed by atoms with E-state index in [9.17, 15) is 13.0 Å². The second-order valence-electron chi connectivity index (χ2n) is 6.10. The van der Waals surface area contributed by atoms with Crippen molar-refractivity contribution in [3.8, 4) is 0 Å². The minimum atomic E-state index is -4.41. The predicted molar refractivity (Wildman–Crippen MR) is 102 cm³/mol. The molecule has 1 unspecified atom stereocenters. The van der Waals surface area contributed by atoms with Crippen molar-refractivity contribution in [2.45, 2.75) is 45.1 Å². The lowest BCUT2D eigenvalue weighted by Crippen LogP contribution is -2.52. The summed E-state index contributed by atoms with van der Waals surface area (Å²) in [6.45, 7) is 17.3. The topological polar surface area (TPSA) is 78.8 Å². The summed E-state index contributed by atoms with van der Waals surface area (Å²) in [4.78, 5) is 4.86. The fourth-order valence-electron chi connectivity index (χ4n) is 3.03. The van der Waals surface area contributed by atoms with E-state index in [2.05, 4.69) is 30.8 Å². The van der Waals surface area contributed by atoms with Crippen molar-refractivity contribution in [3.63, 3.8) is 0 Å². The van der Waals surface area contributed by atoms with E-state index in [1.54, 1.807) is 0 Å². The molecule has 0 spiro atoms. The summed E-state index contributed by atoms with van der Waals surface area (Å²) in [5.74, 6) is 1.33. The van der Waals surface area contributed by atoms with Crippen LogP contribution in [0.25, 0.3) is 0 Å². The van der Waals surface area contributed by atoms with Gasteiger partial charge < -0.3 is 4.55 Å². The molecule has 25 heavy (non-hydrogen) atoms. The highest BCUT2D eigenvalue weighted by Crippen LogP contribution is 2.24. The van der Waals surface area contributed by atoms with Gasteiger partial charge in [-0.25, -0.2) is 13.4 Å². The highest BCUT2D eigenvalue weighted by atomic mass is 32.3. The van der Waals surface area contributed by atoms with Crippen molar-refractivity contribution in [3.05, 3.63) is 38.0 Å². The Morgan fingerprint density at radius 3 is 2.04 bits per heavy atom. The molecule has 1 atom stereocenters. The van der Waals surface area contributed by atoms with Crippen LogP contribution in [0.4, 0.5) is 0 Å². The third-order valence-electron chi connectivity index (χ3n) is 4.05. The summed E-state index contributed by atoms with van der Waals surface area (Å²) in [7, 11) is -3.60. The maximum absolute atomic E-state index is 9.22. The molecular weight excluding hydrogens is 340 g/mol. The molecule has 1 aliphatic heterocycles. The van der Waals surface area contributed by atoms with Gasteiger partial charge in [0.25, 0.3) is 0 Å². The quantitative estimate of drug-likeness (QED) is 0.183. The number of nitrogens with zero attached hydrogens (tertiary/aromatic N) is 2. The van der Waals surface area contributed by atoms with Gasteiger partial charge in [-0.3, -0.25) is 8.67 Å². The molecule has 0 aromatic rings. The lowest BCUT2D eigenvalue weighted by Gasteiger charge is -2.35. The van der Waals surface area contributed by atoms with E-state index in [0.717, 1.165) is 37.4 Å². The maximum atomic E-state index is 9.22. The van der Waals surface area contributed by atoms with Gasteiger partial charge >= 0.3 is 0 Å². The standard InChI is InChI=1S/C17H29N2.CH4O4S/c1-5-8-10-13-19(14-11-9-6-2)15-16(4)18-17(19)12-7-3;1-5-6(2,3)4/h5-7,16H,1-3,8-15H2,4H3;1H3,(H,2,3,4)/q+1;/p-1. The number of unbranched alkanes of at least 4 members (excludes halogenated alkanes) is 2. The average molecular weight is 373 g/mol. The van der Waals surface area contributed by atoms with Gasteiger partial charge in [0.2, 0.25) is 16.2 Å². The molecule has 0 aromatic carbocycles. The third kappa shape index (κ3) is 9.69. The Morgan fingerprint density at radius 1 is 1.20 bits per heavy atom. The molecule has 0 aliphatic carbocycles. The Bertz CT molecular complexity index is 541. The Morgan fingerprint density at radius 2 is 1.68 bits per heavy atom. The van der Waals surface area contributed by atoms with Gasteiger partial charge in [0, 0.05) is 12.8 Å². The number of amidine groups is 1. The predicted octanol–water partition coefficient (Wildman–Crippen LogP) is 3.21. The van der Waals surface area contributed by atoms with Crippen molar-refractivity contribution in [2.24, 2.45) is 4.99 Å². The van der Waals surface area contributed by atoms with Gasteiger partial charge in [0.05, 0.1) is 26.6 Å². The molecule has 0 saturated heterocycles. The largest absolute Gasteiger partial charge is 0.726 e.